The van der Waals surface area contributed by atoms with E-state index in [1.165, 1.54) is 12.0 Å². The number of esters is 1. The first-order valence-corrected chi connectivity index (χ1v) is 23.9. The van der Waals surface area contributed by atoms with Gasteiger partial charge in [0, 0.05) is 58.5 Å². The van der Waals surface area contributed by atoms with Crippen LogP contribution in [0.5, 0.6) is 0 Å². The third kappa shape index (κ3) is 14.3. The summed E-state index contributed by atoms with van der Waals surface area (Å²) in [5, 5.41) is 33.8. The van der Waals surface area contributed by atoms with E-state index in [4.69, 9.17) is 23.7 Å². The molecule has 3 heterocycles. The third-order valence-electron chi connectivity index (χ3n) is 14.5. The lowest BCUT2D eigenvalue weighted by molar-refractivity contribution is -0.265. The molecule has 0 aromatic rings. The van der Waals surface area contributed by atoms with Crippen LogP contribution >= 0.6 is 0 Å². The molecule has 3 aliphatic heterocycles. The summed E-state index contributed by atoms with van der Waals surface area (Å²) in [6.07, 6.45) is 11.2. The minimum Gasteiger partial charge on any atom is -0.460 e. The predicted octanol–water partition coefficient (Wildman–Crippen LogP) is 6.18. The lowest BCUT2D eigenvalue weighted by Gasteiger charge is -2.42. The fraction of sp³-hybridized carbons (Fsp3) is 0.745. The Bertz CT molecular complexity index is 1760. The molecule has 1 saturated carbocycles. The molecule has 366 valence electrons. The third-order valence-corrected chi connectivity index (χ3v) is 14.5. The molecule has 65 heavy (non-hydrogen) atoms. The fourth-order valence-corrected chi connectivity index (χ4v) is 10.1. The number of hydrogen-bond donors (Lipinski definition) is 3. The maximum atomic E-state index is 14.4. The van der Waals surface area contributed by atoms with E-state index < -0.39 is 83.9 Å². The number of cyclic esters (lactones) is 1. The van der Waals surface area contributed by atoms with Crippen LogP contribution in [0.1, 0.15) is 126 Å². The van der Waals surface area contributed by atoms with Gasteiger partial charge < -0.3 is 43.9 Å². The van der Waals surface area contributed by atoms with Gasteiger partial charge in [0.15, 0.2) is 5.78 Å². The highest BCUT2D eigenvalue weighted by Crippen LogP contribution is 2.38. The van der Waals surface area contributed by atoms with E-state index in [-0.39, 0.29) is 54.8 Å². The zero-order chi connectivity index (χ0) is 48.2. The molecule has 14 nitrogen and oxygen atoms in total. The fourth-order valence-electron chi connectivity index (χ4n) is 10.1. The first kappa shape index (κ1) is 54.2. The van der Waals surface area contributed by atoms with Gasteiger partial charge in [-0.25, -0.2) is 4.79 Å². The smallest absolute Gasteiger partial charge is 0.329 e. The van der Waals surface area contributed by atoms with E-state index in [1.807, 2.05) is 58.1 Å². The molecule has 0 aromatic heterocycles. The minimum atomic E-state index is -2.43. The van der Waals surface area contributed by atoms with Crippen LogP contribution in [0.3, 0.4) is 0 Å². The van der Waals surface area contributed by atoms with Crippen LogP contribution in [0.25, 0.3) is 0 Å². The second kappa shape index (κ2) is 25.1. The SMILES string of the molecule is CO[C@H]1CC2CC[C@@H](C)C(O)(O2)C(=O)C(=O)N2CCCC[C@H]2C(=O)OC([C@H](C)C[C@@H]2CC[C@@H](O)[C@H](OC)C2)CC(=O)[C@H](C)C=C(C)[C@H](O)[C@@H](OC)C(=O)[C@H](C)C[C@H](C)C=CC=CC=C1C. The molecule has 3 N–H and O–H groups in total. The molecule has 4 aliphatic rings. The maximum Gasteiger partial charge on any atom is 0.329 e. The number of hydrogen-bond acceptors (Lipinski definition) is 13. The number of ketones is 3. The van der Waals surface area contributed by atoms with E-state index in [1.54, 1.807) is 41.1 Å². The van der Waals surface area contributed by atoms with Crippen molar-refractivity contribution in [1.29, 1.82) is 0 Å². The molecule has 3 fully saturated rings. The Labute approximate surface area is 387 Å². The quantitative estimate of drug-likeness (QED) is 0.156. The topological polar surface area (TPSA) is 195 Å². The Balaban J connectivity index is 1.70. The molecular formula is C51H79NO13. The highest BCUT2D eigenvalue weighted by atomic mass is 16.6. The number of methoxy groups -OCH3 is 3. The maximum absolute atomic E-state index is 14.4. The van der Waals surface area contributed by atoms with Crippen LogP contribution in [0.2, 0.25) is 0 Å². The van der Waals surface area contributed by atoms with Gasteiger partial charge in [-0.1, -0.05) is 71.1 Å². The Kier molecular flexibility index (Phi) is 21.0. The number of fused-ring (bicyclic) bond motifs is 3. The van der Waals surface area contributed by atoms with Crippen molar-refractivity contribution in [3.63, 3.8) is 0 Å². The summed E-state index contributed by atoms with van der Waals surface area (Å²) in [6.45, 7) is 12.7. The molecule has 0 radical (unpaired) electrons. The normalized spacial score (nSPS) is 37.8. The number of piperidine rings is 1. The van der Waals surface area contributed by atoms with E-state index in [2.05, 4.69) is 0 Å². The van der Waals surface area contributed by atoms with Gasteiger partial charge in [-0.2, -0.15) is 0 Å². The summed E-state index contributed by atoms with van der Waals surface area (Å²) in [5.41, 5.74) is 1.27. The predicted molar refractivity (Wildman–Crippen MR) is 245 cm³/mol. The highest BCUT2D eigenvalue weighted by molar-refractivity contribution is 6.39. The van der Waals surface area contributed by atoms with E-state index >= 15 is 0 Å². The number of Topliss-reactive ketones (excluding diaryl/α,β-unsaturated/α-hetero) is 3. The van der Waals surface area contributed by atoms with Gasteiger partial charge in [0.05, 0.1) is 24.4 Å². The molecule has 14 heteroatoms. The van der Waals surface area contributed by atoms with Crippen molar-refractivity contribution in [2.24, 2.45) is 35.5 Å². The number of carbonyl (C=O) groups excluding carboxylic acids is 5. The van der Waals surface area contributed by atoms with Gasteiger partial charge in [0.1, 0.15) is 30.1 Å². The van der Waals surface area contributed by atoms with Crippen LogP contribution in [0, 0.1) is 35.5 Å². The van der Waals surface area contributed by atoms with Crippen LogP contribution in [-0.2, 0) is 47.7 Å². The molecule has 2 saturated heterocycles. The van der Waals surface area contributed by atoms with Gasteiger partial charge >= 0.3 is 5.97 Å². The minimum absolute atomic E-state index is 0.0193. The number of amides is 1. The zero-order valence-corrected chi connectivity index (χ0v) is 40.6. The molecule has 0 aromatic carbocycles. The Hall–Kier alpha value is -3.37. The summed E-state index contributed by atoms with van der Waals surface area (Å²) in [6, 6.07) is -1.14. The first-order chi connectivity index (χ1) is 30.7. The van der Waals surface area contributed by atoms with Crippen molar-refractivity contribution in [2.45, 2.75) is 180 Å². The van der Waals surface area contributed by atoms with Crippen LogP contribution in [0.4, 0.5) is 0 Å². The Morgan fingerprint density at radius 3 is 2.25 bits per heavy atom. The van der Waals surface area contributed by atoms with E-state index in [0.717, 1.165) is 12.0 Å². The van der Waals surface area contributed by atoms with Gasteiger partial charge in [-0.05, 0) is 107 Å². The number of allylic oxidation sites excluding steroid dienone is 6. The average Bonchev–Trinajstić information content (AvgIpc) is 3.28. The molecule has 3 unspecified atom stereocenters. The molecule has 1 amide bonds. The van der Waals surface area contributed by atoms with E-state index in [0.29, 0.717) is 63.4 Å². The van der Waals surface area contributed by atoms with Gasteiger partial charge in [0.25, 0.3) is 11.7 Å². The zero-order valence-electron chi connectivity index (χ0n) is 40.6. The summed E-state index contributed by atoms with van der Waals surface area (Å²) in [7, 11) is 4.52. The number of rotatable bonds is 6. The molecular weight excluding hydrogens is 835 g/mol. The average molecular weight is 914 g/mol. The number of carbonyl (C=O) groups is 5. The molecule has 1 aliphatic carbocycles. The molecule has 15 atom stereocenters. The lowest BCUT2D eigenvalue weighted by atomic mass is 9.78. The number of aliphatic hydroxyl groups is 3. The molecule has 0 spiro atoms. The first-order valence-electron chi connectivity index (χ1n) is 23.9. The van der Waals surface area contributed by atoms with Crippen LogP contribution < -0.4 is 0 Å². The van der Waals surface area contributed by atoms with Gasteiger partial charge in [-0.3, -0.25) is 19.2 Å². The highest BCUT2D eigenvalue weighted by Gasteiger charge is 2.53. The van der Waals surface area contributed by atoms with Crippen LogP contribution in [0.15, 0.2) is 47.6 Å². The number of aliphatic hydroxyl groups excluding tert-OH is 2. The van der Waals surface area contributed by atoms with Crippen molar-refractivity contribution in [3.05, 3.63) is 47.6 Å². The van der Waals surface area contributed by atoms with Crippen molar-refractivity contribution >= 4 is 29.2 Å². The van der Waals surface area contributed by atoms with Crippen molar-refractivity contribution in [2.75, 3.05) is 27.9 Å². The second-order valence-corrected chi connectivity index (χ2v) is 19.6. The lowest BCUT2D eigenvalue weighted by Crippen LogP contribution is -2.61. The number of ether oxygens (including phenoxy) is 5. The largest absolute Gasteiger partial charge is 0.460 e. The van der Waals surface area contributed by atoms with E-state index in [9.17, 15) is 39.3 Å². The molecule has 4 rings (SSSR count). The summed E-state index contributed by atoms with van der Waals surface area (Å²) < 4.78 is 29.4. The summed E-state index contributed by atoms with van der Waals surface area (Å²) in [5.74, 6) is -7.96. The summed E-state index contributed by atoms with van der Waals surface area (Å²) in [4.78, 5) is 71.8. The van der Waals surface area contributed by atoms with Gasteiger partial charge in [-0.15, -0.1) is 0 Å². The second-order valence-electron chi connectivity index (χ2n) is 19.6. The standard InChI is InChI=1S/C51H79NO13/c1-30-16-12-11-13-17-31(2)42(61-8)28-38-21-19-36(7)51(60,65-38)48(57)49(58)52-23-15-14-18-39(52)50(59)64-43(33(4)26-37-20-22-40(53)44(27-37)62-9)29-41(54)32(3)25-35(6)46(56)47(63-10)45(55)34(5)24-30/h11-13,16-17,25,30,32-34,36-40,42-44,46-47,53,56,60H,14-15,18-24,26-29H2,1-10H3/t30-,32-,33-,34-,36-,37+,38?,39+,40-,42+,43?,44-,46+,47+,51?/m1/s1. The van der Waals surface area contributed by atoms with Crippen molar-refractivity contribution in [1.82, 2.24) is 4.90 Å². The van der Waals surface area contributed by atoms with Crippen molar-refractivity contribution < 1.29 is 63.0 Å². The Morgan fingerprint density at radius 1 is 0.846 bits per heavy atom. The Morgan fingerprint density at radius 2 is 1.57 bits per heavy atom. The molecule has 2 bridgehead atoms. The van der Waals surface area contributed by atoms with Gasteiger partial charge in [0.2, 0.25) is 5.79 Å². The number of nitrogens with zero attached hydrogens (tertiary/aromatic N) is 1. The summed E-state index contributed by atoms with van der Waals surface area (Å²) >= 11 is 0. The monoisotopic (exact) mass is 914 g/mol. The van der Waals surface area contributed by atoms with Crippen molar-refractivity contribution in [3.8, 4) is 0 Å². The van der Waals surface area contributed by atoms with Crippen LogP contribution in [-0.4, -0.2) is 132 Å².